The number of aromatic nitrogens is 1. The number of anilines is 1. The first-order valence-corrected chi connectivity index (χ1v) is 8.02. The minimum Gasteiger partial charge on any atom is -0.379 e. The normalized spacial score (nSPS) is 14.2. The molecular formula is C16H20N2S. The minimum atomic E-state index is 0.840. The van der Waals surface area contributed by atoms with Crippen molar-refractivity contribution in [1.82, 2.24) is 4.98 Å². The van der Waals surface area contributed by atoms with Crippen LogP contribution in [0.4, 0.5) is 5.69 Å². The summed E-state index contributed by atoms with van der Waals surface area (Å²) in [6.45, 7) is 3.00. The second-order valence-electron chi connectivity index (χ2n) is 5.09. The molecule has 100 valence electrons. The molecule has 0 saturated heterocycles. The number of nitrogens with one attached hydrogen (secondary N) is 1. The smallest absolute Gasteiger partial charge is 0.0926 e. The summed E-state index contributed by atoms with van der Waals surface area (Å²) in [7, 11) is 0. The average Bonchev–Trinajstić information content (AvgIpc) is 2.93. The molecule has 0 bridgehead atoms. The van der Waals surface area contributed by atoms with Crippen LogP contribution in [0.1, 0.15) is 41.6 Å². The second kappa shape index (κ2) is 5.74. The molecule has 0 amide bonds. The SMILES string of the molecule is CCc1nc(CNc2cccc3c2CCCC3)cs1. The maximum atomic E-state index is 4.61. The molecule has 1 aliphatic rings. The van der Waals surface area contributed by atoms with Gasteiger partial charge in [0.25, 0.3) is 0 Å². The van der Waals surface area contributed by atoms with Crippen molar-refractivity contribution in [3.05, 3.63) is 45.4 Å². The van der Waals surface area contributed by atoms with Gasteiger partial charge in [-0.25, -0.2) is 4.98 Å². The second-order valence-corrected chi connectivity index (χ2v) is 6.03. The first kappa shape index (κ1) is 12.7. The van der Waals surface area contributed by atoms with Crippen molar-refractivity contribution in [2.45, 2.75) is 45.6 Å². The average molecular weight is 272 g/mol. The van der Waals surface area contributed by atoms with E-state index in [2.05, 4.69) is 40.8 Å². The Morgan fingerprint density at radius 2 is 2.16 bits per heavy atom. The van der Waals surface area contributed by atoms with E-state index in [-0.39, 0.29) is 0 Å². The molecule has 1 aromatic carbocycles. The molecule has 1 aromatic heterocycles. The van der Waals surface area contributed by atoms with Gasteiger partial charge in [-0.05, 0) is 49.3 Å². The molecule has 3 heteroatoms. The van der Waals surface area contributed by atoms with Gasteiger partial charge in [-0.2, -0.15) is 0 Å². The zero-order chi connectivity index (χ0) is 13.1. The molecule has 0 unspecified atom stereocenters. The van der Waals surface area contributed by atoms with E-state index in [1.54, 1.807) is 11.3 Å². The summed E-state index contributed by atoms with van der Waals surface area (Å²) in [6, 6.07) is 6.65. The number of aryl methyl sites for hydroxylation is 2. The van der Waals surface area contributed by atoms with Crippen LogP contribution in [-0.2, 0) is 25.8 Å². The maximum absolute atomic E-state index is 4.61. The van der Waals surface area contributed by atoms with Gasteiger partial charge in [0.2, 0.25) is 0 Å². The Hall–Kier alpha value is -1.35. The number of hydrogen-bond donors (Lipinski definition) is 1. The highest BCUT2D eigenvalue weighted by Gasteiger charge is 2.12. The van der Waals surface area contributed by atoms with Gasteiger partial charge in [-0.15, -0.1) is 11.3 Å². The molecule has 2 aromatic rings. The van der Waals surface area contributed by atoms with Crippen LogP contribution < -0.4 is 5.32 Å². The summed E-state index contributed by atoms with van der Waals surface area (Å²) in [4.78, 5) is 4.61. The van der Waals surface area contributed by atoms with Crippen LogP contribution in [0.25, 0.3) is 0 Å². The van der Waals surface area contributed by atoms with E-state index in [9.17, 15) is 0 Å². The van der Waals surface area contributed by atoms with Crippen LogP contribution in [0.2, 0.25) is 0 Å². The quantitative estimate of drug-likeness (QED) is 0.902. The number of thiazole rings is 1. The van der Waals surface area contributed by atoms with Crippen LogP contribution in [0.15, 0.2) is 23.6 Å². The third-order valence-corrected chi connectivity index (χ3v) is 4.80. The lowest BCUT2D eigenvalue weighted by Gasteiger charge is -2.19. The first-order valence-electron chi connectivity index (χ1n) is 7.14. The topological polar surface area (TPSA) is 24.9 Å². The van der Waals surface area contributed by atoms with Gasteiger partial charge in [0.1, 0.15) is 0 Å². The highest BCUT2D eigenvalue weighted by Crippen LogP contribution is 2.28. The van der Waals surface area contributed by atoms with Crippen LogP contribution in [0.5, 0.6) is 0 Å². The number of benzene rings is 1. The molecule has 0 radical (unpaired) electrons. The van der Waals surface area contributed by atoms with E-state index in [4.69, 9.17) is 0 Å². The van der Waals surface area contributed by atoms with E-state index in [0.717, 1.165) is 18.7 Å². The summed E-state index contributed by atoms with van der Waals surface area (Å²) >= 11 is 1.76. The number of hydrogen-bond acceptors (Lipinski definition) is 3. The number of nitrogens with zero attached hydrogens (tertiary/aromatic N) is 1. The van der Waals surface area contributed by atoms with Gasteiger partial charge >= 0.3 is 0 Å². The summed E-state index contributed by atoms with van der Waals surface area (Å²) < 4.78 is 0. The van der Waals surface area contributed by atoms with Gasteiger partial charge in [0.05, 0.1) is 17.2 Å². The lowest BCUT2D eigenvalue weighted by Crippen LogP contribution is -2.08. The molecule has 0 spiro atoms. The van der Waals surface area contributed by atoms with Crippen molar-refractivity contribution in [2.24, 2.45) is 0 Å². The van der Waals surface area contributed by atoms with E-state index in [1.807, 2.05) is 0 Å². The van der Waals surface area contributed by atoms with Gasteiger partial charge in [-0.3, -0.25) is 0 Å². The van der Waals surface area contributed by atoms with E-state index in [0.29, 0.717) is 0 Å². The summed E-state index contributed by atoms with van der Waals surface area (Å²) in [5.41, 5.74) is 5.53. The molecule has 2 nitrogen and oxygen atoms in total. The van der Waals surface area contributed by atoms with Crippen molar-refractivity contribution in [3.8, 4) is 0 Å². The summed E-state index contributed by atoms with van der Waals surface area (Å²) in [5, 5.41) is 6.97. The lowest BCUT2D eigenvalue weighted by atomic mass is 9.90. The molecule has 0 atom stereocenters. The molecular weight excluding hydrogens is 252 g/mol. The minimum absolute atomic E-state index is 0.840. The number of rotatable bonds is 4. The molecule has 0 aliphatic heterocycles. The zero-order valence-corrected chi connectivity index (χ0v) is 12.2. The van der Waals surface area contributed by atoms with Crippen molar-refractivity contribution in [2.75, 3.05) is 5.32 Å². The molecule has 1 heterocycles. The van der Waals surface area contributed by atoms with Crippen LogP contribution >= 0.6 is 11.3 Å². The largest absolute Gasteiger partial charge is 0.379 e. The van der Waals surface area contributed by atoms with Crippen LogP contribution in [0.3, 0.4) is 0 Å². The molecule has 0 saturated carbocycles. The highest BCUT2D eigenvalue weighted by molar-refractivity contribution is 7.09. The fourth-order valence-corrected chi connectivity index (χ4v) is 3.47. The molecule has 0 fully saturated rings. The molecule has 3 rings (SSSR count). The van der Waals surface area contributed by atoms with Gasteiger partial charge < -0.3 is 5.32 Å². The fourth-order valence-electron chi connectivity index (χ4n) is 2.73. The zero-order valence-electron chi connectivity index (χ0n) is 11.4. The Labute approximate surface area is 118 Å². The molecule has 1 aliphatic carbocycles. The fraction of sp³-hybridized carbons (Fsp3) is 0.438. The van der Waals surface area contributed by atoms with Crippen molar-refractivity contribution in [1.29, 1.82) is 0 Å². The Morgan fingerprint density at radius 1 is 1.26 bits per heavy atom. The standard InChI is InChI=1S/C16H20N2S/c1-2-16-18-13(11-19-16)10-17-15-9-5-7-12-6-3-4-8-14(12)15/h5,7,9,11,17H,2-4,6,8,10H2,1H3. The maximum Gasteiger partial charge on any atom is 0.0926 e. The third kappa shape index (κ3) is 2.81. The first-order chi connectivity index (χ1) is 9.36. The van der Waals surface area contributed by atoms with Crippen molar-refractivity contribution >= 4 is 17.0 Å². The van der Waals surface area contributed by atoms with Crippen molar-refractivity contribution in [3.63, 3.8) is 0 Å². The lowest BCUT2D eigenvalue weighted by molar-refractivity contribution is 0.686. The molecule has 1 N–H and O–H groups in total. The summed E-state index contributed by atoms with van der Waals surface area (Å²) in [6.07, 6.45) is 6.15. The third-order valence-electron chi connectivity index (χ3n) is 3.76. The predicted molar refractivity (Wildman–Crippen MR) is 81.9 cm³/mol. The van der Waals surface area contributed by atoms with Crippen LogP contribution in [0, 0.1) is 0 Å². The van der Waals surface area contributed by atoms with E-state index in [1.165, 1.54) is 47.5 Å². The Balaban J connectivity index is 1.73. The van der Waals surface area contributed by atoms with Crippen LogP contribution in [-0.4, -0.2) is 4.98 Å². The highest BCUT2D eigenvalue weighted by atomic mass is 32.1. The Morgan fingerprint density at radius 3 is 3.00 bits per heavy atom. The van der Waals surface area contributed by atoms with Crippen molar-refractivity contribution < 1.29 is 0 Å². The number of fused-ring (bicyclic) bond motifs is 1. The van der Waals surface area contributed by atoms with E-state index >= 15 is 0 Å². The Kier molecular flexibility index (Phi) is 3.83. The monoisotopic (exact) mass is 272 g/mol. The van der Waals surface area contributed by atoms with E-state index < -0.39 is 0 Å². The predicted octanol–water partition coefficient (Wildman–Crippen LogP) is 4.20. The molecule has 19 heavy (non-hydrogen) atoms. The Bertz CT molecular complexity index is 560. The van der Waals surface area contributed by atoms with Gasteiger partial charge in [-0.1, -0.05) is 19.1 Å². The summed E-state index contributed by atoms with van der Waals surface area (Å²) in [5.74, 6) is 0. The van der Waals surface area contributed by atoms with Gasteiger partial charge in [0.15, 0.2) is 0 Å². The van der Waals surface area contributed by atoms with Gasteiger partial charge in [0, 0.05) is 11.1 Å².